The molecule has 1 amide bonds. The number of aliphatic hydroxyl groups excluding tert-OH is 1. The van der Waals surface area contributed by atoms with Gasteiger partial charge in [0.25, 0.3) is 11.7 Å². The minimum atomic E-state index is -0.745. The average Bonchev–Trinajstić information content (AvgIpc) is 3.17. The van der Waals surface area contributed by atoms with E-state index in [1.807, 2.05) is 67.6 Å². The number of aliphatic hydroxyl groups is 1. The second-order valence-corrected chi connectivity index (χ2v) is 9.06. The Morgan fingerprint density at radius 2 is 1.57 bits per heavy atom. The lowest BCUT2D eigenvalue weighted by Gasteiger charge is -2.25. The fourth-order valence-corrected chi connectivity index (χ4v) is 4.36. The van der Waals surface area contributed by atoms with Gasteiger partial charge >= 0.3 is 0 Å². The molecule has 0 spiro atoms. The summed E-state index contributed by atoms with van der Waals surface area (Å²) in [6, 6.07) is 23.1. The topological polar surface area (TPSA) is 76.1 Å². The number of hydrogen-bond donors (Lipinski definition) is 1. The molecule has 1 saturated heterocycles. The lowest BCUT2D eigenvalue weighted by atomic mass is 9.95. The predicted octanol–water partition coefficient (Wildman–Crippen LogP) is 6.28. The Morgan fingerprint density at radius 3 is 2.27 bits per heavy atom. The van der Waals surface area contributed by atoms with Gasteiger partial charge in [0.15, 0.2) is 0 Å². The number of hydrogen-bond acceptors (Lipinski definition) is 5. The molecule has 4 rings (SSSR count). The maximum Gasteiger partial charge on any atom is 0.295 e. The van der Waals surface area contributed by atoms with Gasteiger partial charge in [0, 0.05) is 12.1 Å². The quantitative estimate of drug-likeness (QED) is 0.146. The molecule has 1 atom stereocenters. The van der Waals surface area contributed by atoms with Crippen molar-refractivity contribution in [1.29, 1.82) is 0 Å². The molecule has 37 heavy (non-hydrogen) atoms. The lowest BCUT2D eigenvalue weighted by molar-refractivity contribution is -0.140. The first-order valence-electron chi connectivity index (χ1n) is 12.8. The highest BCUT2D eigenvalue weighted by Crippen LogP contribution is 2.41. The highest BCUT2D eigenvalue weighted by atomic mass is 16.5. The number of amides is 1. The fraction of sp³-hybridized carbons (Fsp3) is 0.290. The molecular weight excluding hydrogens is 466 g/mol. The number of rotatable bonds is 11. The molecule has 0 bridgehead atoms. The van der Waals surface area contributed by atoms with E-state index in [-0.39, 0.29) is 17.9 Å². The van der Waals surface area contributed by atoms with Crippen LogP contribution in [0.4, 0.5) is 0 Å². The molecule has 0 saturated carbocycles. The lowest BCUT2D eigenvalue weighted by Crippen LogP contribution is -2.29. The first-order chi connectivity index (χ1) is 18.0. The number of ketones is 1. The first kappa shape index (κ1) is 26.0. The number of likely N-dealkylation sites (tertiary alicyclic amines) is 1. The van der Waals surface area contributed by atoms with E-state index in [1.165, 1.54) is 4.90 Å². The maximum absolute atomic E-state index is 13.3. The number of nitrogens with zero attached hydrogens (tertiary/aromatic N) is 1. The van der Waals surface area contributed by atoms with Crippen molar-refractivity contribution in [3.8, 4) is 11.5 Å². The Hall–Kier alpha value is -4.06. The molecule has 1 fully saturated rings. The standard InChI is InChI=1S/C31H33NO5/c1-3-5-19-37-26-13-9-12-24(20-26)29(33)27-28(23-14-16-25(17-15-23)36-18-4-2)32(31(35)30(27)34)21-22-10-7-6-8-11-22/h6-17,20,28,33H,3-5,18-19,21H2,1-2H3/b29-27+. The van der Waals surface area contributed by atoms with Crippen molar-refractivity contribution in [3.05, 3.63) is 101 Å². The summed E-state index contributed by atoms with van der Waals surface area (Å²) in [5.74, 6) is -0.252. The van der Waals surface area contributed by atoms with Gasteiger partial charge in [-0.05, 0) is 48.2 Å². The first-order valence-corrected chi connectivity index (χ1v) is 12.8. The third-order valence-electron chi connectivity index (χ3n) is 6.28. The fourth-order valence-electron chi connectivity index (χ4n) is 4.36. The molecule has 6 heteroatoms. The number of benzene rings is 3. The van der Waals surface area contributed by atoms with Gasteiger partial charge in [-0.1, -0.05) is 74.9 Å². The van der Waals surface area contributed by atoms with Crippen LogP contribution in [-0.2, 0) is 16.1 Å². The Bertz CT molecular complexity index is 1250. The number of carbonyl (C=O) groups excluding carboxylic acids is 2. The van der Waals surface area contributed by atoms with E-state index in [4.69, 9.17) is 9.47 Å². The van der Waals surface area contributed by atoms with E-state index in [9.17, 15) is 14.7 Å². The second-order valence-electron chi connectivity index (χ2n) is 9.06. The molecule has 1 aliphatic heterocycles. The minimum absolute atomic E-state index is 0.0638. The van der Waals surface area contributed by atoms with Gasteiger partial charge in [-0.15, -0.1) is 0 Å². The molecule has 3 aromatic rings. The Balaban J connectivity index is 1.75. The molecule has 1 N–H and O–H groups in total. The van der Waals surface area contributed by atoms with E-state index < -0.39 is 17.7 Å². The summed E-state index contributed by atoms with van der Waals surface area (Å²) in [5, 5.41) is 11.4. The van der Waals surface area contributed by atoms with Gasteiger partial charge < -0.3 is 19.5 Å². The van der Waals surface area contributed by atoms with Crippen LogP contribution in [0.1, 0.15) is 55.8 Å². The highest BCUT2D eigenvalue weighted by molar-refractivity contribution is 6.46. The zero-order valence-corrected chi connectivity index (χ0v) is 21.4. The molecule has 0 aromatic heterocycles. The molecule has 0 aliphatic carbocycles. The molecule has 1 unspecified atom stereocenters. The number of Topliss-reactive ketones (excluding diaryl/α,β-unsaturated/α-hetero) is 1. The van der Waals surface area contributed by atoms with Crippen molar-refractivity contribution < 1.29 is 24.2 Å². The van der Waals surface area contributed by atoms with Gasteiger partial charge in [-0.25, -0.2) is 0 Å². The van der Waals surface area contributed by atoms with Crippen LogP contribution in [0.3, 0.4) is 0 Å². The van der Waals surface area contributed by atoms with E-state index in [0.717, 1.165) is 30.4 Å². The summed E-state index contributed by atoms with van der Waals surface area (Å²) < 4.78 is 11.5. The normalized spacial score (nSPS) is 16.7. The van der Waals surface area contributed by atoms with Gasteiger partial charge in [0.1, 0.15) is 17.3 Å². The molecule has 1 heterocycles. The van der Waals surface area contributed by atoms with Crippen LogP contribution in [0.25, 0.3) is 5.76 Å². The minimum Gasteiger partial charge on any atom is -0.507 e. The molecule has 1 aliphatic rings. The van der Waals surface area contributed by atoms with Crippen LogP contribution in [0.2, 0.25) is 0 Å². The van der Waals surface area contributed by atoms with Crippen LogP contribution >= 0.6 is 0 Å². The smallest absolute Gasteiger partial charge is 0.295 e. The summed E-state index contributed by atoms with van der Waals surface area (Å²) in [6.07, 6.45) is 2.81. The summed E-state index contributed by atoms with van der Waals surface area (Å²) >= 11 is 0. The van der Waals surface area contributed by atoms with Gasteiger partial charge in [0.05, 0.1) is 24.8 Å². The van der Waals surface area contributed by atoms with Crippen LogP contribution in [0.5, 0.6) is 11.5 Å². The van der Waals surface area contributed by atoms with Crippen molar-refractivity contribution in [2.45, 2.75) is 45.7 Å². The Morgan fingerprint density at radius 1 is 0.838 bits per heavy atom. The van der Waals surface area contributed by atoms with Crippen LogP contribution in [-0.4, -0.2) is 34.9 Å². The molecule has 0 radical (unpaired) electrons. The highest BCUT2D eigenvalue weighted by Gasteiger charge is 2.46. The van der Waals surface area contributed by atoms with Gasteiger partial charge in [0.2, 0.25) is 0 Å². The SMILES string of the molecule is CCCCOc1cccc(/C(O)=C2\C(=O)C(=O)N(Cc3ccccc3)C2c2ccc(OCCC)cc2)c1. The van der Waals surface area contributed by atoms with Crippen LogP contribution in [0.15, 0.2) is 84.4 Å². The van der Waals surface area contributed by atoms with Crippen LogP contribution in [0, 0.1) is 0 Å². The summed E-state index contributed by atoms with van der Waals surface area (Å²) in [6.45, 7) is 5.52. The average molecular weight is 500 g/mol. The monoisotopic (exact) mass is 499 g/mol. The maximum atomic E-state index is 13.3. The summed E-state index contributed by atoms with van der Waals surface area (Å²) in [7, 11) is 0. The Kier molecular flexibility index (Phi) is 8.62. The van der Waals surface area contributed by atoms with E-state index in [1.54, 1.807) is 18.2 Å². The van der Waals surface area contributed by atoms with Crippen LogP contribution < -0.4 is 9.47 Å². The van der Waals surface area contributed by atoms with Gasteiger partial charge in [-0.3, -0.25) is 9.59 Å². The predicted molar refractivity (Wildman–Crippen MR) is 143 cm³/mol. The molecule has 3 aromatic carbocycles. The van der Waals surface area contributed by atoms with Crippen molar-refractivity contribution in [2.24, 2.45) is 0 Å². The van der Waals surface area contributed by atoms with Crippen molar-refractivity contribution in [3.63, 3.8) is 0 Å². The zero-order chi connectivity index (χ0) is 26.2. The number of unbranched alkanes of at least 4 members (excludes halogenated alkanes) is 1. The molecular formula is C31H33NO5. The van der Waals surface area contributed by atoms with Crippen molar-refractivity contribution in [1.82, 2.24) is 4.90 Å². The van der Waals surface area contributed by atoms with E-state index in [0.29, 0.717) is 30.3 Å². The summed E-state index contributed by atoms with van der Waals surface area (Å²) in [4.78, 5) is 28.1. The number of ether oxygens (including phenoxy) is 2. The largest absolute Gasteiger partial charge is 0.507 e. The molecule has 6 nitrogen and oxygen atoms in total. The van der Waals surface area contributed by atoms with Gasteiger partial charge in [-0.2, -0.15) is 0 Å². The van der Waals surface area contributed by atoms with E-state index in [2.05, 4.69) is 6.92 Å². The number of carbonyl (C=O) groups is 2. The van der Waals surface area contributed by atoms with Crippen molar-refractivity contribution >= 4 is 17.4 Å². The zero-order valence-electron chi connectivity index (χ0n) is 21.4. The summed E-state index contributed by atoms with van der Waals surface area (Å²) in [5.41, 5.74) is 2.10. The Labute approximate surface area is 218 Å². The molecule has 192 valence electrons. The third-order valence-corrected chi connectivity index (χ3v) is 6.28. The van der Waals surface area contributed by atoms with Crippen molar-refractivity contribution in [2.75, 3.05) is 13.2 Å². The third kappa shape index (κ3) is 6.02. The second kappa shape index (κ2) is 12.3. The van der Waals surface area contributed by atoms with E-state index >= 15 is 0 Å².